The lowest BCUT2D eigenvalue weighted by molar-refractivity contribution is -0.169. The average Bonchev–Trinajstić information content (AvgIpc) is 2.90. The Bertz CT molecular complexity index is 416. The summed E-state index contributed by atoms with van der Waals surface area (Å²) in [7, 11) is 2.43. The van der Waals surface area contributed by atoms with Crippen LogP contribution in [0.3, 0.4) is 0 Å². The van der Waals surface area contributed by atoms with Crippen LogP contribution in [0, 0.1) is 5.41 Å². The molecule has 0 radical (unpaired) electrons. The van der Waals surface area contributed by atoms with E-state index in [-0.39, 0.29) is 0 Å². The van der Waals surface area contributed by atoms with E-state index in [2.05, 4.69) is 16.1 Å². The summed E-state index contributed by atoms with van der Waals surface area (Å²) in [5.74, 6) is -1.61. The van der Waals surface area contributed by atoms with Gasteiger partial charge >= 0.3 is 11.9 Å². The zero-order chi connectivity index (χ0) is 13.8. The molecule has 0 aliphatic carbocycles. The summed E-state index contributed by atoms with van der Waals surface area (Å²) in [6.45, 7) is 5.08. The fourth-order valence-corrected chi connectivity index (χ4v) is 1.87. The highest BCUT2D eigenvalue weighted by atomic mass is 16.5. The number of rotatable bonds is 5. The van der Waals surface area contributed by atoms with Crippen molar-refractivity contribution in [2.45, 2.75) is 12.8 Å². The van der Waals surface area contributed by atoms with Crippen LogP contribution in [0.1, 0.15) is 18.6 Å². The standard InChI is InChI=1S/C13H16O5/c1-5-9(10-7-6-8-18-10)13(2,11(14)16-3)12(15)17-4/h5-9H,1H2,2-4H3. The number of carbonyl (C=O) groups is 2. The Morgan fingerprint density at radius 1 is 1.39 bits per heavy atom. The van der Waals surface area contributed by atoms with E-state index in [0.717, 1.165) is 0 Å². The number of esters is 2. The van der Waals surface area contributed by atoms with Gasteiger partial charge in [0.15, 0.2) is 5.41 Å². The van der Waals surface area contributed by atoms with Crippen LogP contribution in [0.5, 0.6) is 0 Å². The molecule has 1 unspecified atom stereocenters. The van der Waals surface area contributed by atoms with Crippen LogP contribution in [-0.4, -0.2) is 26.2 Å². The van der Waals surface area contributed by atoms with Crippen LogP contribution in [0.2, 0.25) is 0 Å². The molecule has 1 rings (SSSR count). The number of allylic oxidation sites excluding steroid dienone is 1. The quantitative estimate of drug-likeness (QED) is 0.455. The van der Waals surface area contributed by atoms with Gasteiger partial charge < -0.3 is 13.9 Å². The van der Waals surface area contributed by atoms with Gasteiger partial charge in [0.1, 0.15) is 5.76 Å². The summed E-state index contributed by atoms with van der Waals surface area (Å²) >= 11 is 0. The second kappa shape index (κ2) is 5.53. The lowest BCUT2D eigenvalue weighted by atomic mass is 9.75. The Kier molecular flexibility index (Phi) is 4.31. The number of methoxy groups -OCH3 is 2. The number of furan rings is 1. The minimum absolute atomic E-state index is 0.448. The zero-order valence-electron chi connectivity index (χ0n) is 10.6. The first-order chi connectivity index (χ1) is 8.52. The Morgan fingerprint density at radius 3 is 2.28 bits per heavy atom. The average molecular weight is 252 g/mol. The summed E-state index contributed by atoms with van der Waals surface area (Å²) in [6, 6.07) is 3.33. The third-order valence-electron chi connectivity index (χ3n) is 2.93. The van der Waals surface area contributed by atoms with E-state index >= 15 is 0 Å². The highest BCUT2D eigenvalue weighted by Crippen LogP contribution is 2.39. The fourth-order valence-electron chi connectivity index (χ4n) is 1.87. The molecule has 98 valence electrons. The molecular weight excluding hydrogens is 236 g/mol. The molecule has 0 fully saturated rings. The molecule has 0 aliphatic heterocycles. The SMILES string of the molecule is C=CC(c1ccco1)C(C)(C(=O)OC)C(=O)OC. The molecule has 1 atom stereocenters. The maximum Gasteiger partial charge on any atom is 0.324 e. The van der Waals surface area contributed by atoms with Crippen molar-refractivity contribution in [1.82, 2.24) is 0 Å². The summed E-state index contributed by atoms with van der Waals surface area (Å²) in [5, 5.41) is 0. The van der Waals surface area contributed by atoms with Gasteiger partial charge in [0, 0.05) is 0 Å². The fraction of sp³-hybridized carbons (Fsp3) is 0.385. The summed E-state index contributed by atoms with van der Waals surface area (Å²) in [5.41, 5.74) is -1.52. The van der Waals surface area contributed by atoms with Crippen LogP contribution in [-0.2, 0) is 19.1 Å². The third-order valence-corrected chi connectivity index (χ3v) is 2.93. The van der Waals surface area contributed by atoms with Gasteiger partial charge in [-0.1, -0.05) is 6.08 Å². The molecule has 0 aromatic carbocycles. The normalized spacial score (nSPS) is 12.6. The Hall–Kier alpha value is -2.04. The van der Waals surface area contributed by atoms with Crippen molar-refractivity contribution in [3.63, 3.8) is 0 Å². The second-order valence-corrected chi connectivity index (χ2v) is 3.91. The smallest absolute Gasteiger partial charge is 0.324 e. The van der Waals surface area contributed by atoms with Crippen LogP contribution in [0.4, 0.5) is 0 Å². The highest BCUT2D eigenvalue weighted by molar-refractivity contribution is 6.01. The van der Waals surface area contributed by atoms with E-state index in [1.54, 1.807) is 12.1 Å². The second-order valence-electron chi connectivity index (χ2n) is 3.91. The van der Waals surface area contributed by atoms with Gasteiger partial charge in [-0.3, -0.25) is 9.59 Å². The van der Waals surface area contributed by atoms with Gasteiger partial charge in [0.2, 0.25) is 0 Å². The minimum Gasteiger partial charge on any atom is -0.469 e. The first-order valence-electron chi connectivity index (χ1n) is 5.35. The molecule has 0 aliphatic rings. The molecule has 1 aromatic rings. The maximum absolute atomic E-state index is 11.9. The van der Waals surface area contributed by atoms with Gasteiger partial charge in [-0.2, -0.15) is 0 Å². The first kappa shape index (κ1) is 14.0. The highest BCUT2D eigenvalue weighted by Gasteiger charge is 2.51. The molecule has 0 spiro atoms. The van der Waals surface area contributed by atoms with E-state index in [1.807, 2.05) is 0 Å². The molecule has 1 heterocycles. The number of hydrogen-bond donors (Lipinski definition) is 0. The predicted octanol–water partition coefficient (Wildman–Crippen LogP) is 1.90. The lowest BCUT2D eigenvalue weighted by Gasteiger charge is -2.29. The van der Waals surface area contributed by atoms with E-state index < -0.39 is 23.3 Å². The molecule has 5 heteroatoms. The molecule has 1 aromatic heterocycles. The van der Waals surface area contributed by atoms with Gasteiger partial charge in [-0.05, 0) is 19.1 Å². The third kappa shape index (κ3) is 2.16. The number of carbonyl (C=O) groups excluding carboxylic acids is 2. The van der Waals surface area contributed by atoms with Crippen molar-refractivity contribution in [3.05, 3.63) is 36.8 Å². The van der Waals surface area contributed by atoms with E-state index in [0.29, 0.717) is 5.76 Å². The predicted molar refractivity (Wildman–Crippen MR) is 63.8 cm³/mol. The van der Waals surface area contributed by atoms with Crippen molar-refractivity contribution in [2.24, 2.45) is 5.41 Å². The topological polar surface area (TPSA) is 65.7 Å². The Morgan fingerprint density at radius 2 is 1.94 bits per heavy atom. The van der Waals surface area contributed by atoms with Crippen LogP contribution in [0.25, 0.3) is 0 Å². The summed E-state index contributed by atoms with van der Waals surface area (Å²) in [6.07, 6.45) is 2.92. The van der Waals surface area contributed by atoms with Gasteiger partial charge in [-0.15, -0.1) is 6.58 Å². The Balaban J connectivity index is 3.28. The molecule has 0 N–H and O–H groups in total. The van der Waals surface area contributed by atoms with Gasteiger partial charge in [0.05, 0.1) is 26.4 Å². The summed E-state index contributed by atoms with van der Waals surface area (Å²) < 4.78 is 14.6. The molecular formula is C13H16O5. The minimum atomic E-state index is -1.52. The molecule has 5 nitrogen and oxygen atoms in total. The van der Waals surface area contributed by atoms with Crippen LogP contribution >= 0.6 is 0 Å². The van der Waals surface area contributed by atoms with E-state index in [1.165, 1.54) is 33.5 Å². The summed E-state index contributed by atoms with van der Waals surface area (Å²) in [4.78, 5) is 23.8. The maximum atomic E-state index is 11.9. The van der Waals surface area contributed by atoms with Crippen molar-refractivity contribution in [3.8, 4) is 0 Å². The first-order valence-corrected chi connectivity index (χ1v) is 5.35. The van der Waals surface area contributed by atoms with Crippen molar-refractivity contribution < 1.29 is 23.5 Å². The molecule has 0 bridgehead atoms. The van der Waals surface area contributed by atoms with Crippen LogP contribution in [0.15, 0.2) is 35.5 Å². The lowest BCUT2D eigenvalue weighted by Crippen LogP contribution is -2.43. The van der Waals surface area contributed by atoms with Gasteiger partial charge in [0.25, 0.3) is 0 Å². The number of hydrogen-bond acceptors (Lipinski definition) is 5. The van der Waals surface area contributed by atoms with Crippen molar-refractivity contribution >= 4 is 11.9 Å². The van der Waals surface area contributed by atoms with Crippen LogP contribution < -0.4 is 0 Å². The monoisotopic (exact) mass is 252 g/mol. The zero-order valence-corrected chi connectivity index (χ0v) is 10.6. The van der Waals surface area contributed by atoms with Crippen molar-refractivity contribution in [2.75, 3.05) is 14.2 Å². The largest absolute Gasteiger partial charge is 0.469 e. The molecule has 0 saturated carbocycles. The molecule has 0 amide bonds. The van der Waals surface area contributed by atoms with E-state index in [4.69, 9.17) is 4.42 Å². The van der Waals surface area contributed by atoms with Crippen molar-refractivity contribution in [1.29, 1.82) is 0 Å². The van der Waals surface area contributed by atoms with Gasteiger partial charge in [-0.25, -0.2) is 0 Å². The van der Waals surface area contributed by atoms with E-state index in [9.17, 15) is 9.59 Å². The Labute approximate surface area is 105 Å². The molecule has 18 heavy (non-hydrogen) atoms. The number of ether oxygens (including phenoxy) is 2. The molecule has 0 saturated heterocycles.